The van der Waals surface area contributed by atoms with Gasteiger partial charge in [0.1, 0.15) is 11.4 Å². The summed E-state index contributed by atoms with van der Waals surface area (Å²) in [6, 6.07) is 2.97. The Morgan fingerprint density at radius 2 is 2.15 bits per heavy atom. The lowest BCUT2D eigenvalue weighted by Crippen LogP contribution is -2.06. The summed E-state index contributed by atoms with van der Waals surface area (Å²) in [6.07, 6.45) is 0. The maximum atomic E-state index is 13.3. The van der Waals surface area contributed by atoms with Crippen LogP contribution >= 0.6 is 11.6 Å². The second kappa shape index (κ2) is 3.75. The van der Waals surface area contributed by atoms with Crippen molar-refractivity contribution in [2.24, 2.45) is 0 Å². The molecule has 1 rings (SSSR count). The van der Waals surface area contributed by atoms with Crippen LogP contribution in [-0.2, 0) is 4.74 Å². The number of halogens is 2. The molecular formula is C9H8ClFO2. The zero-order valence-corrected chi connectivity index (χ0v) is 7.98. The van der Waals surface area contributed by atoms with E-state index in [-0.39, 0.29) is 10.6 Å². The van der Waals surface area contributed by atoms with E-state index in [2.05, 4.69) is 4.74 Å². The number of rotatable bonds is 1. The fourth-order valence-corrected chi connectivity index (χ4v) is 1.17. The van der Waals surface area contributed by atoms with E-state index in [1.165, 1.54) is 19.2 Å². The van der Waals surface area contributed by atoms with Crippen LogP contribution in [0.15, 0.2) is 12.1 Å². The third kappa shape index (κ3) is 1.80. The Balaban J connectivity index is 3.33. The van der Waals surface area contributed by atoms with Crippen molar-refractivity contribution in [2.45, 2.75) is 6.92 Å². The van der Waals surface area contributed by atoms with Crippen molar-refractivity contribution in [1.29, 1.82) is 0 Å². The van der Waals surface area contributed by atoms with Crippen molar-refractivity contribution in [1.82, 2.24) is 0 Å². The lowest BCUT2D eigenvalue weighted by molar-refractivity contribution is 0.0595. The second-order valence-corrected chi connectivity index (χ2v) is 2.95. The number of ether oxygens (including phenoxy) is 1. The molecule has 0 unspecified atom stereocenters. The first-order chi connectivity index (χ1) is 6.07. The van der Waals surface area contributed by atoms with Crippen molar-refractivity contribution < 1.29 is 13.9 Å². The Kier molecular flexibility index (Phi) is 2.88. The number of esters is 1. The Hall–Kier alpha value is -1.09. The third-order valence-corrected chi connectivity index (χ3v) is 1.99. The molecule has 0 saturated carbocycles. The summed E-state index contributed by atoms with van der Waals surface area (Å²) < 4.78 is 17.7. The van der Waals surface area contributed by atoms with Crippen LogP contribution in [0.2, 0.25) is 5.02 Å². The molecule has 13 heavy (non-hydrogen) atoms. The highest BCUT2D eigenvalue weighted by atomic mass is 35.5. The SMILES string of the molecule is COC(=O)c1c(Cl)ccc(C)c1F. The van der Waals surface area contributed by atoms with Gasteiger partial charge in [-0.2, -0.15) is 0 Å². The molecule has 0 N–H and O–H groups in total. The van der Waals surface area contributed by atoms with Crippen LogP contribution in [0.5, 0.6) is 0 Å². The van der Waals surface area contributed by atoms with E-state index in [1.807, 2.05) is 0 Å². The molecule has 1 aromatic carbocycles. The molecule has 4 heteroatoms. The zero-order valence-electron chi connectivity index (χ0n) is 7.23. The number of benzene rings is 1. The molecule has 1 aromatic rings. The number of methoxy groups -OCH3 is 1. The minimum absolute atomic E-state index is 0.0648. The average molecular weight is 203 g/mol. The number of hydrogen-bond acceptors (Lipinski definition) is 2. The maximum absolute atomic E-state index is 13.3. The molecule has 0 aliphatic carbocycles. The van der Waals surface area contributed by atoms with Gasteiger partial charge in [0.25, 0.3) is 0 Å². The van der Waals surface area contributed by atoms with E-state index in [0.717, 1.165) is 0 Å². The molecule has 0 aromatic heterocycles. The topological polar surface area (TPSA) is 26.3 Å². The van der Waals surface area contributed by atoms with Crippen LogP contribution < -0.4 is 0 Å². The van der Waals surface area contributed by atoms with E-state index in [0.29, 0.717) is 5.56 Å². The van der Waals surface area contributed by atoms with Gasteiger partial charge < -0.3 is 4.74 Å². The highest BCUT2D eigenvalue weighted by Crippen LogP contribution is 2.22. The van der Waals surface area contributed by atoms with Crippen molar-refractivity contribution in [3.8, 4) is 0 Å². The summed E-state index contributed by atoms with van der Waals surface area (Å²) in [6.45, 7) is 1.55. The predicted octanol–water partition coefficient (Wildman–Crippen LogP) is 2.57. The average Bonchev–Trinajstić information content (AvgIpc) is 2.12. The summed E-state index contributed by atoms with van der Waals surface area (Å²) in [5.41, 5.74) is 0.161. The molecule has 0 fully saturated rings. The van der Waals surface area contributed by atoms with Gasteiger partial charge in [-0.3, -0.25) is 0 Å². The van der Waals surface area contributed by atoms with E-state index in [9.17, 15) is 9.18 Å². The summed E-state index contributed by atoms with van der Waals surface area (Å²) >= 11 is 5.63. The van der Waals surface area contributed by atoms with Crippen LogP contribution in [0.4, 0.5) is 4.39 Å². The highest BCUT2D eigenvalue weighted by molar-refractivity contribution is 6.33. The predicted molar refractivity (Wildman–Crippen MR) is 47.5 cm³/mol. The molecule has 0 aliphatic rings. The molecule has 2 nitrogen and oxygen atoms in total. The minimum Gasteiger partial charge on any atom is -0.465 e. The van der Waals surface area contributed by atoms with Gasteiger partial charge in [-0.25, -0.2) is 9.18 Å². The molecule has 0 spiro atoms. The lowest BCUT2D eigenvalue weighted by atomic mass is 10.1. The van der Waals surface area contributed by atoms with E-state index < -0.39 is 11.8 Å². The molecule has 0 bridgehead atoms. The number of aryl methyl sites for hydroxylation is 1. The fraction of sp³-hybridized carbons (Fsp3) is 0.222. The number of hydrogen-bond donors (Lipinski definition) is 0. The first kappa shape index (κ1) is 9.99. The van der Waals surface area contributed by atoms with Crippen molar-refractivity contribution >= 4 is 17.6 Å². The number of carbonyl (C=O) groups is 1. The normalized spacial score (nSPS) is 9.85. The molecule has 0 heterocycles. The van der Waals surface area contributed by atoms with Gasteiger partial charge in [0.2, 0.25) is 0 Å². The van der Waals surface area contributed by atoms with Gasteiger partial charge in [0.05, 0.1) is 12.1 Å². The van der Waals surface area contributed by atoms with Gasteiger partial charge in [-0.1, -0.05) is 17.7 Å². The van der Waals surface area contributed by atoms with Gasteiger partial charge in [-0.05, 0) is 18.6 Å². The summed E-state index contributed by atoms with van der Waals surface area (Å²) in [7, 11) is 1.18. The maximum Gasteiger partial charge on any atom is 0.342 e. The van der Waals surface area contributed by atoms with Crippen LogP contribution in [0.1, 0.15) is 15.9 Å². The first-order valence-electron chi connectivity index (χ1n) is 3.61. The third-order valence-electron chi connectivity index (χ3n) is 1.67. The monoisotopic (exact) mass is 202 g/mol. The van der Waals surface area contributed by atoms with E-state index in [1.54, 1.807) is 6.92 Å². The van der Waals surface area contributed by atoms with Gasteiger partial charge >= 0.3 is 5.97 Å². The molecule has 0 aliphatic heterocycles. The molecular weight excluding hydrogens is 195 g/mol. The summed E-state index contributed by atoms with van der Waals surface area (Å²) in [4.78, 5) is 11.1. The quantitative estimate of drug-likeness (QED) is 0.655. The van der Waals surface area contributed by atoms with Crippen LogP contribution in [-0.4, -0.2) is 13.1 Å². The fourth-order valence-electron chi connectivity index (χ4n) is 0.946. The summed E-state index contributed by atoms with van der Waals surface area (Å²) in [5, 5.41) is 0.0648. The van der Waals surface area contributed by atoms with Crippen molar-refractivity contribution in [3.05, 3.63) is 34.1 Å². The lowest BCUT2D eigenvalue weighted by Gasteiger charge is -2.05. The van der Waals surface area contributed by atoms with E-state index in [4.69, 9.17) is 11.6 Å². The van der Waals surface area contributed by atoms with Gasteiger partial charge in [0.15, 0.2) is 0 Å². The molecule has 0 amide bonds. The van der Waals surface area contributed by atoms with E-state index >= 15 is 0 Å². The first-order valence-corrected chi connectivity index (χ1v) is 3.98. The van der Waals surface area contributed by atoms with Gasteiger partial charge in [-0.15, -0.1) is 0 Å². The van der Waals surface area contributed by atoms with Crippen LogP contribution in [0.25, 0.3) is 0 Å². The van der Waals surface area contributed by atoms with Gasteiger partial charge in [0, 0.05) is 0 Å². The molecule has 0 saturated heterocycles. The van der Waals surface area contributed by atoms with Crippen LogP contribution in [0, 0.1) is 12.7 Å². The highest BCUT2D eigenvalue weighted by Gasteiger charge is 2.17. The Morgan fingerprint density at radius 1 is 1.54 bits per heavy atom. The molecule has 0 atom stereocenters. The Labute approximate surface area is 80.3 Å². The van der Waals surface area contributed by atoms with Crippen LogP contribution in [0.3, 0.4) is 0 Å². The second-order valence-electron chi connectivity index (χ2n) is 2.54. The van der Waals surface area contributed by atoms with Crippen molar-refractivity contribution in [3.63, 3.8) is 0 Å². The smallest absolute Gasteiger partial charge is 0.342 e. The van der Waals surface area contributed by atoms with Crippen molar-refractivity contribution in [2.75, 3.05) is 7.11 Å². The molecule has 0 radical (unpaired) electrons. The standard InChI is InChI=1S/C9H8ClFO2/c1-5-3-4-6(10)7(8(5)11)9(12)13-2/h3-4H,1-2H3. The molecule has 70 valence electrons. The summed E-state index contributed by atoms with van der Waals surface area (Å²) in [5.74, 6) is -1.38. The Morgan fingerprint density at radius 3 is 2.69 bits per heavy atom. The number of carbonyl (C=O) groups excluding carboxylic acids is 1. The minimum atomic E-state index is -0.758. The largest absolute Gasteiger partial charge is 0.465 e. The Bertz CT molecular complexity index is 350. The zero-order chi connectivity index (χ0) is 10.0.